The Labute approximate surface area is 105 Å². The van der Waals surface area contributed by atoms with Gasteiger partial charge in [0.25, 0.3) is 0 Å². The fourth-order valence-electron chi connectivity index (χ4n) is 2.36. The lowest BCUT2D eigenvalue weighted by molar-refractivity contribution is 0.408. The molecule has 0 amide bonds. The van der Waals surface area contributed by atoms with Crippen LogP contribution in [-0.4, -0.2) is 32.1 Å². The van der Waals surface area contributed by atoms with Crippen LogP contribution in [0.3, 0.4) is 0 Å². The van der Waals surface area contributed by atoms with Gasteiger partial charge in [-0.3, -0.25) is 0 Å². The first-order valence-electron chi connectivity index (χ1n) is 6.35. The molecule has 0 atom stereocenters. The maximum atomic E-state index is 2.40. The molecule has 0 spiro atoms. The highest BCUT2D eigenvalue weighted by Gasteiger charge is 2.30. The predicted octanol–water partition coefficient (Wildman–Crippen LogP) is 2.90. The molecule has 0 saturated carbocycles. The van der Waals surface area contributed by atoms with E-state index in [1.807, 2.05) is 0 Å². The molecule has 1 aliphatic heterocycles. The number of benzene rings is 1. The summed E-state index contributed by atoms with van der Waals surface area (Å²) in [7, 11) is 4.25. The summed E-state index contributed by atoms with van der Waals surface area (Å²) in [6.07, 6.45) is 1.12. The molecule has 0 saturated heterocycles. The van der Waals surface area contributed by atoms with Crippen molar-refractivity contribution >= 4 is 5.69 Å². The Morgan fingerprint density at radius 3 is 2.65 bits per heavy atom. The molecule has 17 heavy (non-hydrogen) atoms. The smallest absolute Gasteiger partial charge is 0.0502 e. The van der Waals surface area contributed by atoms with Crippen molar-refractivity contribution in [3.8, 4) is 0 Å². The maximum absolute atomic E-state index is 2.40. The van der Waals surface area contributed by atoms with Gasteiger partial charge in [-0.15, -0.1) is 0 Å². The summed E-state index contributed by atoms with van der Waals surface area (Å²) in [6.45, 7) is 9.16. The molecule has 0 N–H and O–H groups in total. The van der Waals surface area contributed by atoms with Gasteiger partial charge in [0.1, 0.15) is 0 Å². The van der Waals surface area contributed by atoms with E-state index in [0.29, 0.717) is 0 Å². The minimum atomic E-state index is 0.269. The first kappa shape index (κ1) is 12.4. The fourth-order valence-corrected chi connectivity index (χ4v) is 2.36. The number of fused-ring (bicyclic) bond motifs is 1. The number of nitrogens with zero attached hydrogens (tertiary/aromatic N) is 2. The van der Waals surface area contributed by atoms with E-state index in [1.54, 1.807) is 0 Å². The topological polar surface area (TPSA) is 6.48 Å². The second-order valence-corrected chi connectivity index (χ2v) is 5.78. The van der Waals surface area contributed by atoms with Crippen molar-refractivity contribution in [2.75, 3.05) is 32.1 Å². The lowest BCUT2D eigenvalue weighted by Gasteiger charge is -2.40. The van der Waals surface area contributed by atoms with E-state index in [1.165, 1.54) is 11.3 Å². The Hall–Kier alpha value is -1.02. The van der Waals surface area contributed by atoms with Crippen molar-refractivity contribution in [2.24, 2.45) is 0 Å². The molecule has 0 bridgehead atoms. The van der Waals surface area contributed by atoms with E-state index < -0.39 is 0 Å². The number of hydrogen-bond donors (Lipinski definition) is 0. The Bertz CT molecular complexity index is 382. The van der Waals surface area contributed by atoms with Crippen molar-refractivity contribution in [1.82, 2.24) is 4.90 Å². The summed E-state index contributed by atoms with van der Waals surface area (Å²) in [5.41, 5.74) is 3.12. The summed E-state index contributed by atoms with van der Waals surface area (Å²) in [5.74, 6) is 0. The third-order valence-corrected chi connectivity index (χ3v) is 3.55. The third-order valence-electron chi connectivity index (χ3n) is 3.55. The summed E-state index contributed by atoms with van der Waals surface area (Å²) >= 11 is 0. The number of rotatable bonds is 3. The van der Waals surface area contributed by atoms with Crippen molar-refractivity contribution in [3.05, 3.63) is 36.4 Å². The molecule has 1 aliphatic rings. The largest absolute Gasteiger partial charge is 0.365 e. The number of likely N-dealkylation sites (N-methyl/N-ethyl adjacent to an activating group) is 1. The lowest BCUT2D eigenvalue weighted by atomic mass is 9.78. The van der Waals surface area contributed by atoms with Gasteiger partial charge in [0.2, 0.25) is 0 Å². The Kier molecular flexibility index (Phi) is 3.43. The molecule has 93 valence electrons. The minimum Gasteiger partial charge on any atom is -0.365 e. The zero-order valence-corrected chi connectivity index (χ0v) is 11.4. The summed E-state index contributed by atoms with van der Waals surface area (Å²) in [4.78, 5) is 4.64. The molecule has 2 rings (SSSR count). The van der Waals surface area contributed by atoms with Gasteiger partial charge < -0.3 is 9.80 Å². The predicted molar refractivity (Wildman–Crippen MR) is 74.3 cm³/mol. The van der Waals surface area contributed by atoms with Gasteiger partial charge >= 0.3 is 0 Å². The highest BCUT2D eigenvalue weighted by Crippen LogP contribution is 2.40. The van der Waals surface area contributed by atoms with Gasteiger partial charge in [-0.05, 0) is 37.6 Å². The van der Waals surface area contributed by atoms with E-state index >= 15 is 0 Å². The van der Waals surface area contributed by atoms with Crippen LogP contribution in [0.15, 0.2) is 24.3 Å². The van der Waals surface area contributed by atoms with E-state index in [9.17, 15) is 0 Å². The normalized spacial score (nSPS) is 18.3. The second-order valence-electron chi connectivity index (χ2n) is 5.78. The lowest BCUT2D eigenvalue weighted by Crippen LogP contribution is -2.37. The Morgan fingerprint density at radius 2 is 1.94 bits per heavy atom. The minimum absolute atomic E-state index is 0.269. The molecular weight excluding hydrogens is 208 g/mol. The van der Waals surface area contributed by atoms with Gasteiger partial charge in [-0.1, -0.05) is 32.0 Å². The summed E-state index contributed by atoms with van der Waals surface area (Å²) < 4.78 is 0. The van der Waals surface area contributed by atoms with Gasteiger partial charge in [0.15, 0.2) is 0 Å². The molecule has 0 fully saturated rings. The van der Waals surface area contributed by atoms with Crippen LogP contribution in [0.5, 0.6) is 0 Å². The van der Waals surface area contributed by atoms with Crippen LogP contribution < -0.4 is 4.90 Å². The summed E-state index contributed by atoms with van der Waals surface area (Å²) in [5, 5.41) is 0. The molecule has 0 aliphatic carbocycles. The highest BCUT2D eigenvalue weighted by molar-refractivity contribution is 5.60. The van der Waals surface area contributed by atoms with E-state index in [4.69, 9.17) is 0 Å². The average Bonchev–Trinajstić information content (AvgIpc) is 2.28. The molecule has 2 heteroatoms. The zero-order valence-electron chi connectivity index (χ0n) is 11.4. The van der Waals surface area contributed by atoms with Gasteiger partial charge in [-0.2, -0.15) is 0 Å². The van der Waals surface area contributed by atoms with Crippen LogP contribution in [-0.2, 0) is 5.41 Å². The standard InChI is InChI=1S/C15H23N2/c1-15(2)9-10-17(12-11-16(3)4)14-8-6-5-7-13(14)15/h5-8,10H,9,11-12H2,1-4H3. The molecule has 2 nitrogen and oxygen atoms in total. The van der Waals surface area contributed by atoms with Crippen LogP contribution in [0.2, 0.25) is 0 Å². The van der Waals surface area contributed by atoms with E-state index in [-0.39, 0.29) is 5.41 Å². The van der Waals surface area contributed by atoms with Gasteiger partial charge in [-0.25, -0.2) is 0 Å². The van der Waals surface area contributed by atoms with Gasteiger partial charge in [0, 0.05) is 18.8 Å². The van der Waals surface area contributed by atoms with Crippen molar-refractivity contribution in [3.63, 3.8) is 0 Å². The number of anilines is 1. The molecule has 0 aromatic heterocycles. The number of hydrogen-bond acceptors (Lipinski definition) is 2. The van der Waals surface area contributed by atoms with Crippen LogP contribution in [0.4, 0.5) is 5.69 Å². The highest BCUT2D eigenvalue weighted by atomic mass is 15.2. The molecule has 1 heterocycles. The second kappa shape index (κ2) is 4.69. The average molecular weight is 231 g/mol. The van der Waals surface area contributed by atoms with E-state index in [0.717, 1.165) is 19.5 Å². The molecule has 1 aromatic rings. The van der Waals surface area contributed by atoms with Crippen molar-refractivity contribution in [1.29, 1.82) is 0 Å². The molecule has 1 aromatic carbocycles. The van der Waals surface area contributed by atoms with E-state index in [2.05, 4.69) is 68.6 Å². The van der Waals surface area contributed by atoms with Crippen LogP contribution in [0.25, 0.3) is 0 Å². The molecular formula is C15H23N2. The van der Waals surface area contributed by atoms with Crippen LogP contribution in [0.1, 0.15) is 25.8 Å². The molecule has 1 radical (unpaired) electrons. The molecule has 0 unspecified atom stereocenters. The van der Waals surface area contributed by atoms with Crippen molar-refractivity contribution < 1.29 is 0 Å². The first-order valence-corrected chi connectivity index (χ1v) is 6.35. The van der Waals surface area contributed by atoms with Crippen LogP contribution in [0, 0.1) is 6.54 Å². The summed E-state index contributed by atoms with van der Waals surface area (Å²) in [6, 6.07) is 8.79. The zero-order chi connectivity index (χ0) is 12.5. The number of para-hydroxylation sites is 1. The Morgan fingerprint density at radius 1 is 1.24 bits per heavy atom. The van der Waals surface area contributed by atoms with Crippen LogP contribution >= 0.6 is 0 Å². The van der Waals surface area contributed by atoms with Crippen molar-refractivity contribution in [2.45, 2.75) is 25.7 Å². The Balaban J connectivity index is 2.22. The monoisotopic (exact) mass is 231 g/mol. The SMILES string of the molecule is CN(C)CCN1[CH]CC(C)(C)c2ccccc21. The maximum Gasteiger partial charge on any atom is 0.0502 e. The third kappa shape index (κ3) is 2.63. The van der Waals surface area contributed by atoms with Gasteiger partial charge in [0.05, 0.1) is 6.54 Å². The quantitative estimate of drug-likeness (QED) is 0.789. The fraction of sp³-hybridized carbons (Fsp3) is 0.533. The first-order chi connectivity index (χ1) is 8.00.